The van der Waals surface area contributed by atoms with Crippen LogP contribution in [0.5, 0.6) is 11.5 Å². The molecule has 164 valence electrons. The van der Waals surface area contributed by atoms with E-state index < -0.39 is 10.0 Å². The van der Waals surface area contributed by atoms with Gasteiger partial charge in [-0.25, -0.2) is 8.42 Å². The summed E-state index contributed by atoms with van der Waals surface area (Å²) in [7, 11) is -0.574. The Morgan fingerprint density at radius 1 is 1.03 bits per heavy atom. The van der Waals surface area contributed by atoms with Gasteiger partial charge in [-0.15, -0.1) is 11.3 Å². The summed E-state index contributed by atoms with van der Waals surface area (Å²) in [6, 6.07) is 15.3. The number of hydrogen-bond acceptors (Lipinski definition) is 6. The normalized spacial score (nSPS) is 16.3. The number of rotatable bonds is 6. The van der Waals surface area contributed by atoms with Crippen molar-refractivity contribution in [2.75, 3.05) is 18.9 Å². The van der Waals surface area contributed by atoms with Gasteiger partial charge < -0.3 is 14.8 Å². The van der Waals surface area contributed by atoms with Crippen LogP contribution in [0.4, 0.5) is 5.69 Å². The van der Waals surface area contributed by atoms with Gasteiger partial charge >= 0.3 is 0 Å². The van der Waals surface area contributed by atoms with Gasteiger partial charge in [0.2, 0.25) is 0 Å². The highest BCUT2D eigenvalue weighted by molar-refractivity contribution is 7.94. The maximum absolute atomic E-state index is 13.1. The lowest BCUT2D eigenvalue weighted by Gasteiger charge is -2.15. The molecule has 0 amide bonds. The summed E-state index contributed by atoms with van der Waals surface area (Å²) >= 11 is 1.23. The van der Waals surface area contributed by atoms with Gasteiger partial charge in [-0.1, -0.05) is 0 Å². The highest BCUT2D eigenvalue weighted by Gasteiger charge is 2.22. The zero-order chi connectivity index (χ0) is 22.0. The molecule has 2 N–H and O–H groups in total. The molecule has 2 aromatic carbocycles. The molecule has 0 bridgehead atoms. The van der Waals surface area contributed by atoms with Crippen molar-refractivity contribution < 1.29 is 17.9 Å². The highest BCUT2D eigenvalue weighted by atomic mass is 32.2. The molecule has 0 spiro atoms. The minimum absolute atomic E-state index is 0.255. The second-order valence-corrected chi connectivity index (χ2v) is 10.6. The minimum Gasteiger partial charge on any atom is -0.497 e. The van der Waals surface area contributed by atoms with E-state index in [9.17, 15) is 8.42 Å². The van der Waals surface area contributed by atoms with E-state index in [2.05, 4.69) is 17.0 Å². The molecule has 2 heterocycles. The van der Waals surface area contributed by atoms with Crippen LogP contribution in [0.25, 0.3) is 10.4 Å². The van der Waals surface area contributed by atoms with E-state index in [-0.39, 0.29) is 4.21 Å². The minimum atomic E-state index is -3.74. The van der Waals surface area contributed by atoms with Crippen molar-refractivity contribution in [2.24, 2.45) is 0 Å². The van der Waals surface area contributed by atoms with E-state index in [1.54, 1.807) is 20.3 Å². The summed E-state index contributed by atoms with van der Waals surface area (Å²) in [5.41, 5.74) is 3.69. The average molecular weight is 459 g/mol. The molecule has 1 atom stereocenters. The van der Waals surface area contributed by atoms with Crippen LogP contribution in [-0.2, 0) is 23.0 Å². The predicted molar refractivity (Wildman–Crippen MR) is 125 cm³/mol. The topological polar surface area (TPSA) is 76.7 Å². The molecule has 3 aromatic rings. The van der Waals surface area contributed by atoms with Gasteiger partial charge in [-0.2, -0.15) is 0 Å². The number of nitrogens with one attached hydrogen (secondary N) is 2. The molecular formula is C23H26N2O4S2. The molecule has 1 aliphatic rings. The van der Waals surface area contributed by atoms with Crippen molar-refractivity contribution in [1.82, 2.24) is 5.32 Å². The second kappa shape index (κ2) is 8.90. The number of fused-ring (bicyclic) bond motifs is 1. The van der Waals surface area contributed by atoms with E-state index in [0.717, 1.165) is 46.7 Å². The van der Waals surface area contributed by atoms with Crippen LogP contribution in [0.1, 0.15) is 24.5 Å². The molecule has 1 unspecified atom stereocenters. The van der Waals surface area contributed by atoms with Crippen molar-refractivity contribution in [2.45, 2.75) is 36.6 Å². The van der Waals surface area contributed by atoms with Crippen LogP contribution in [0.3, 0.4) is 0 Å². The lowest BCUT2D eigenvalue weighted by atomic mass is 10.0. The fourth-order valence-corrected chi connectivity index (χ4v) is 6.01. The average Bonchev–Trinajstić information content (AvgIpc) is 3.21. The molecule has 8 heteroatoms. The fourth-order valence-electron chi connectivity index (χ4n) is 3.64. The van der Waals surface area contributed by atoms with Crippen LogP contribution >= 0.6 is 11.3 Å². The molecule has 1 aromatic heterocycles. The third-order valence-corrected chi connectivity index (χ3v) is 8.47. The molecule has 0 saturated heterocycles. The number of aryl methyl sites for hydroxylation is 1. The van der Waals surface area contributed by atoms with Crippen molar-refractivity contribution in [1.29, 1.82) is 0 Å². The third kappa shape index (κ3) is 4.71. The molecule has 0 saturated carbocycles. The number of ether oxygens (including phenoxy) is 2. The monoisotopic (exact) mass is 458 g/mol. The molecule has 31 heavy (non-hydrogen) atoms. The number of anilines is 1. The first-order valence-corrected chi connectivity index (χ1v) is 12.4. The van der Waals surface area contributed by atoms with Crippen molar-refractivity contribution in [3.63, 3.8) is 0 Å². The Morgan fingerprint density at radius 2 is 1.81 bits per heavy atom. The van der Waals surface area contributed by atoms with E-state index in [1.165, 1.54) is 11.3 Å². The number of methoxy groups -OCH3 is 2. The highest BCUT2D eigenvalue weighted by Crippen LogP contribution is 2.35. The van der Waals surface area contributed by atoms with Gasteiger partial charge in [-0.05, 0) is 85.0 Å². The first-order chi connectivity index (χ1) is 14.9. The maximum Gasteiger partial charge on any atom is 0.271 e. The first-order valence-electron chi connectivity index (χ1n) is 10.1. The lowest BCUT2D eigenvalue weighted by Crippen LogP contribution is -2.23. The smallest absolute Gasteiger partial charge is 0.271 e. The lowest BCUT2D eigenvalue weighted by molar-refractivity contribution is 0.415. The Bertz CT molecular complexity index is 1170. The number of benzene rings is 2. The Kier molecular flexibility index (Phi) is 6.22. The molecule has 4 rings (SSSR count). The molecule has 1 aliphatic heterocycles. The van der Waals surface area contributed by atoms with E-state index >= 15 is 0 Å². The maximum atomic E-state index is 13.1. The molecular weight excluding hydrogens is 432 g/mol. The number of hydrogen-bond donors (Lipinski definition) is 2. The van der Waals surface area contributed by atoms with Gasteiger partial charge in [-0.3, -0.25) is 4.72 Å². The first kappa shape index (κ1) is 21.7. The zero-order valence-corrected chi connectivity index (χ0v) is 19.4. The standard InChI is InChI=1S/C23H26N2O4S2/c1-15-4-5-17-12-20(21(29-3)13-18(17)14-24-15)25-31(26,27)23-11-10-22(30-23)16-6-8-19(28-2)9-7-16/h6-13,15,24-25H,4-5,14H2,1-3H3. The quantitative estimate of drug-likeness (QED) is 0.562. The van der Waals surface area contributed by atoms with Gasteiger partial charge in [0, 0.05) is 17.5 Å². The Balaban J connectivity index is 1.61. The Hall–Kier alpha value is -2.55. The summed E-state index contributed by atoms with van der Waals surface area (Å²) in [6.45, 7) is 2.90. The van der Waals surface area contributed by atoms with Crippen LogP contribution in [-0.4, -0.2) is 28.7 Å². The van der Waals surface area contributed by atoms with Crippen LogP contribution < -0.4 is 19.5 Å². The molecule has 0 fully saturated rings. The summed E-state index contributed by atoms with van der Waals surface area (Å²) in [6.07, 6.45) is 1.89. The molecule has 0 radical (unpaired) electrons. The fraction of sp³-hybridized carbons (Fsp3) is 0.304. The zero-order valence-electron chi connectivity index (χ0n) is 17.8. The van der Waals surface area contributed by atoms with E-state index in [4.69, 9.17) is 9.47 Å². The van der Waals surface area contributed by atoms with Crippen molar-refractivity contribution in [3.05, 3.63) is 59.7 Å². The molecule has 6 nitrogen and oxygen atoms in total. The largest absolute Gasteiger partial charge is 0.497 e. The Morgan fingerprint density at radius 3 is 2.52 bits per heavy atom. The van der Waals surface area contributed by atoms with Crippen molar-refractivity contribution >= 4 is 27.0 Å². The Labute approximate surface area is 187 Å². The predicted octanol–water partition coefficient (Wildman–Crippen LogP) is 4.66. The SMILES string of the molecule is COc1ccc(-c2ccc(S(=O)(=O)Nc3cc4c(cc3OC)CNC(C)CC4)s2)cc1. The summed E-state index contributed by atoms with van der Waals surface area (Å²) in [5, 5.41) is 3.47. The molecule has 0 aliphatic carbocycles. The van der Waals surface area contributed by atoms with Gasteiger partial charge in [0.15, 0.2) is 0 Å². The van der Waals surface area contributed by atoms with Crippen LogP contribution in [0.15, 0.2) is 52.7 Å². The van der Waals surface area contributed by atoms with Gasteiger partial charge in [0.05, 0.1) is 19.9 Å². The third-order valence-electron chi connectivity index (χ3n) is 5.47. The van der Waals surface area contributed by atoms with Gasteiger partial charge in [0.25, 0.3) is 10.0 Å². The van der Waals surface area contributed by atoms with Crippen LogP contribution in [0.2, 0.25) is 0 Å². The van der Waals surface area contributed by atoms with E-state index in [1.807, 2.05) is 42.5 Å². The summed E-state index contributed by atoms with van der Waals surface area (Å²) in [5.74, 6) is 1.28. The number of sulfonamides is 1. The summed E-state index contributed by atoms with van der Waals surface area (Å²) in [4.78, 5) is 0.872. The second-order valence-electron chi connectivity index (χ2n) is 7.59. The summed E-state index contributed by atoms with van der Waals surface area (Å²) < 4.78 is 39.9. The van der Waals surface area contributed by atoms with Crippen LogP contribution in [0, 0.1) is 0 Å². The van der Waals surface area contributed by atoms with Crippen molar-refractivity contribution in [3.8, 4) is 21.9 Å². The number of thiophene rings is 1. The van der Waals surface area contributed by atoms with Gasteiger partial charge in [0.1, 0.15) is 15.7 Å². The van der Waals surface area contributed by atoms with E-state index in [0.29, 0.717) is 17.5 Å².